The number of hydrogen-bond donors (Lipinski definition) is 1. The third-order valence-electron chi connectivity index (χ3n) is 2.71. The Labute approximate surface area is 103 Å². The molecule has 0 aliphatic heterocycles. The molecule has 17 heavy (non-hydrogen) atoms. The number of hydrogen-bond acceptors (Lipinski definition) is 2. The van der Waals surface area contributed by atoms with Gasteiger partial charge in [0.1, 0.15) is 0 Å². The largest absolute Gasteiger partial charge is 0.396 e. The smallest absolute Gasteiger partial charge is 0.0991 e. The van der Waals surface area contributed by atoms with E-state index in [9.17, 15) is 0 Å². The molecule has 1 aromatic rings. The molecule has 1 N–H and O–H groups in total. The third-order valence-corrected chi connectivity index (χ3v) is 2.71. The molecule has 0 spiro atoms. The molecule has 0 aromatic heterocycles. The van der Waals surface area contributed by atoms with E-state index in [0.29, 0.717) is 12.0 Å². The lowest BCUT2D eigenvalue weighted by Gasteiger charge is -2.06. The van der Waals surface area contributed by atoms with Gasteiger partial charge in [-0.05, 0) is 36.1 Å². The van der Waals surface area contributed by atoms with Crippen LogP contribution in [0.1, 0.15) is 43.7 Å². The minimum Gasteiger partial charge on any atom is -0.396 e. The minimum atomic E-state index is 0.165. The molecular weight excluding hydrogens is 210 g/mol. The Bertz CT molecular complexity index is 398. The fraction of sp³-hybridized carbons (Fsp3) is 0.400. The summed E-state index contributed by atoms with van der Waals surface area (Å²) in [6.45, 7) is 2.33. The Morgan fingerprint density at radius 3 is 2.59 bits per heavy atom. The molecule has 0 saturated carbocycles. The van der Waals surface area contributed by atoms with Gasteiger partial charge in [0.05, 0.1) is 11.6 Å². The van der Waals surface area contributed by atoms with E-state index in [1.54, 1.807) is 0 Å². The van der Waals surface area contributed by atoms with Gasteiger partial charge in [-0.15, -0.1) is 0 Å². The van der Waals surface area contributed by atoms with Crippen molar-refractivity contribution in [2.24, 2.45) is 0 Å². The fourth-order valence-electron chi connectivity index (χ4n) is 1.72. The summed E-state index contributed by atoms with van der Waals surface area (Å²) in [7, 11) is 0. The maximum atomic E-state index is 9.06. The molecule has 0 radical (unpaired) electrons. The topological polar surface area (TPSA) is 44.0 Å². The average molecular weight is 229 g/mol. The third kappa shape index (κ3) is 4.42. The lowest BCUT2D eigenvalue weighted by Crippen LogP contribution is -1.90. The summed E-state index contributed by atoms with van der Waals surface area (Å²) >= 11 is 0. The zero-order valence-corrected chi connectivity index (χ0v) is 10.3. The molecule has 0 bridgehead atoms. The molecule has 0 unspecified atom stereocenters. The summed E-state index contributed by atoms with van der Waals surface area (Å²) in [4.78, 5) is 0. The molecule has 1 rings (SSSR count). The highest BCUT2D eigenvalue weighted by atomic mass is 16.2. The molecule has 2 nitrogen and oxygen atoms in total. The van der Waals surface area contributed by atoms with Crippen LogP contribution in [0.2, 0.25) is 0 Å². The molecule has 0 heterocycles. The molecule has 2 heteroatoms. The van der Waals surface area contributed by atoms with Gasteiger partial charge < -0.3 is 5.11 Å². The Morgan fingerprint density at radius 2 is 2.06 bits per heavy atom. The quantitative estimate of drug-likeness (QED) is 0.758. The highest BCUT2D eigenvalue weighted by molar-refractivity contribution is 5.66. The zero-order valence-electron chi connectivity index (χ0n) is 10.3. The Hall–Kier alpha value is -1.59. The number of nitriles is 1. The van der Waals surface area contributed by atoms with Crippen LogP contribution in [0.3, 0.4) is 0 Å². The van der Waals surface area contributed by atoms with Crippen LogP contribution < -0.4 is 0 Å². The van der Waals surface area contributed by atoms with Crippen molar-refractivity contribution in [3.05, 3.63) is 41.5 Å². The number of allylic oxidation sites excluding steroid dienone is 1. The van der Waals surface area contributed by atoms with Crippen molar-refractivity contribution >= 4 is 5.57 Å². The Balaban J connectivity index is 2.81. The number of aliphatic hydroxyl groups excluding tert-OH is 1. The highest BCUT2D eigenvalue weighted by Crippen LogP contribution is 2.19. The molecule has 0 aliphatic rings. The summed E-state index contributed by atoms with van der Waals surface area (Å²) in [5, 5.41) is 17.8. The van der Waals surface area contributed by atoms with E-state index in [0.717, 1.165) is 12.0 Å². The van der Waals surface area contributed by atoms with Gasteiger partial charge in [-0.2, -0.15) is 5.26 Å². The number of aliphatic hydroxyl groups is 1. The van der Waals surface area contributed by atoms with Crippen LogP contribution in [0, 0.1) is 11.3 Å². The summed E-state index contributed by atoms with van der Waals surface area (Å²) < 4.78 is 0. The second-order valence-corrected chi connectivity index (χ2v) is 4.03. The summed E-state index contributed by atoms with van der Waals surface area (Å²) in [6.07, 6.45) is 6.27. The van der Waals surface area contributed by atoms with E-state index >= 15 is 0 Å². The van der Waals surface area contributed by atoms with Crippen LogP contribution in [-0.2, 0) is 0 Å². The van der Waals surface area contributed by atoms with Gasteiger partial charge in [0.25, 0.3) is 0 Å². The van der Waals surface area contributed by atoms with Gasteiger partial charge in [-0.1, -0.05) is 38.0 Å². The molecule has 90 valence electrons. The van der Waals surface area contributed by atoms with Crippen molar-refractivity contribution in [2.75, 3.05) is 6.61 Å². The number of rotatable bonds is 6. The molecule has 1 aromatic carbocycles. The number of unbranched alkanes of at least 4 members (excludes halogenated alkanes) is 2. The maximum Gasteiger partial charge on any atom is 0.0991 e. The van der Waals surface area contributed by atoms with E-state index < -0.39 is 0 Å². The second kappa shape index (κ2) is 7.65. The van der Waals surface area contributed by atoms with Crippen molar-refractivity contribution in [3.63, 3.8) is 0 Å². The van der Waals surface area contributed by atoms with Gasteiger partial charge in [0.2, 0.25) is 0 Å². The van der Waals surface area contributed by atoms with E-state index in [1.807, 2.05) is 24.3 Å². The van der Waals surface area contributed by atoms with Crippen LogP contribution in [0.4, 0.5) is 0 Å². The van der Waals surface area contributed by atoms with Crippen molar-refractivity contribution < 1.29 is 5.11 Å². The van der Waals surface area contributed by atoms with E-state index in [1.165, 1.54) is 18.4 Å². The summed E-state index contributed by atoms with van der Waals surface area (Å²) in [5.41, 5.74) is 2.95. The number of nitrogens with zero attached hydrogens (tertiary/aromatic N) is 1. The van der Waals surface area contributed by atoms with Gasteiger partial charge >= 0.3 is 0 Å². The normalized spacial score (nSPS) is 11.2. The van der Waals surface area contributed by atoms with E-state index in [4.69, 9.17) is 10.4 Å². The van der Waals surface area contributed by atoms with Crippen molar-refractivity contribution in [3.8, 4) is 6.07 Å². The van der Waals surface area contributed by atoms with Crippen LogP contribution in [0.5, 0.6) is 0 Å². The van der Waals surface area contributed by atoms with Gasteiger partial charge in [0.15, 0.2) is 0 Å². The van der Waals surface area contributed by atoms with Crippen LogP contribution in [0.15, 0.2) is 30.3 Å². The summed E-state index contributed by atoms with van der Waals surface area (Å²) in [6, 6.07) is 9.65. The lowest BCUT2D eigenvalue weighted by molar-refractivity contribution is 0.305. The first kappa shape index (κ1) is 13.5. The Kier molecular flexibility index (Phi) is 6.06. The standard InChI is InChI=1S/C15H19NO/c1-2-3-4-5-14(10-11-17)15-8-6-13(12-16)7-9-15/h5-9,17H,2-4,10-11H2,1H3/b14-5-. The molecule has 0 atom stereocenters. The fourth-order valence-corrected chi connectivity index (χ4v) is 1.72. The van der Waals surface area contributed by atoms with Crippen molar-refractivity contribution in [1.29, 1.82) is 5.26 Å². The van der Waals surface area contributed by atoms with Gasteiger partial charge in [-0.3, -0.25) is 0 Å². The van der Waals surface area contributed by atoms with E-state index in [2.05, 4.69) is 19.1 Å². The van der Waals surface area contributed by atoms with Crippen LogP contribution in [-0.4, -0.2) is 11.7 Å². The molecule has 0 fully saturated rings. The molecular formula is C15H19NO. The molecule has 0 aliphatic carbocycles. The SMILES string of the molecule is CCCC/C=C(/CCO)c1ccc(C#N)cc1. The monoisotopic (exact) mass is 229 g/mol. The minimum absolute atomic E-state index is 0.165. The van der Waals surface area contributed by atoms with E-state index in [-0.39, 0.29) is 6.61 Å². The lowest BCUT2D eigenvalue weighted by atomic mass is 10.00. The predicted molar refractivity (Wildman–Crippen MR) is 70.4 cm³/mol. The molecule has 0 saturated heterocycles. The first-order chi connectivity index (χ1) is 8.31. The highest BCUT2D eigenvalue weighted by Gasteiger charge is 2.01. The van der Waals surface area contributed by atoms with Crippen LogP contribution >= 0.6 is 0 Å². The predicted octanol–water partition coefficient (Wildman–Crippen LogP) is 3.51. The summed E-state index contributed by atoms with van der Waals surface area (Å²) in [5.74, 6) is 0. The second-order valence-electron chi connectivity index (χ2n) is 4.03. The zero-order chi connectivity index (χ0) is 12.5. The Morgan fingerprint density at radius 1 is 1.35 bits per heavy atom. The van der Waals surface area contributed by atoms with Gasteiger partial charge in [-0.25, -0.2) is 0 Å². The van der Waals surface area contributed by atoms with Crippen molar-refractivity contribution in [2.45, 2.75) is 32.6 Å². The van der Waals surface area contributed by atoms with Crippen LogP contribution in [0.25, 0.3) is 5.57 Å². The maximum absolute atomic E-state index is 9.06. The number of benzene rings is 1. The average Bonchev–Trinajstić information content (AvgIpc) is 2.38. The van der Waals surface area contributed by atoms with Gasteiger partial charge in [0, 0.05) is 6.61 Å². The van der Waals surface area contributed by atoms with Crippen molar-refractivity contribution in [1.82, 2.24) is 0 Å². The first-order valence-corrected chi connectivity index (χ1v) is 6.12. The first-order valence-electron chi connectivity index (χ1n) is 6.12. The molecule has 0 amide bonds.